The van der Waals surface area contributed by atoms with Gasteiger partial charge < -0.3 is 5.11 Å². The summed E-state index contributed by atoms with van der Waals surface area (Å²) < 4.78 is 26.7. The first kappa shape index (κ1) is 16.0. The smallest absolute Gasteiger partial charge is 0.303 e. The highest BCUT2D eigenvalue weighted by Crippen LogP contribution is 2.26. The molecule has 1 aliphatic rings. The Kier molecular flexibility index (Phi) is 5.00. The fourth-order valence-corrected chi connectivity index (χ4v) is 4.22. The molecule has 0 amide bonds. The zero-order chi connectivity index (χ0) is 15.5. The first-order valence-corrected chi connectivity index (χ1v) is 8.62. The van der Waals surface area contributed by atoms with E-state index < -0.39 is 16.0 Å². The number of carboxylic acids is 1. The van der Waals surface area contributed by atoms with Crippen LogP contribution in [0.15, 0.2) is 29.2 Å². The van der Waals surface area contributed by atoms with Crippen molar-refractivity contribution in [2.75, 3.05) is 13.1 Å². The largest absolute Gasteiger partial charge is 0.481 e. The number of sulfonamides is 1. The Morgan fingerprint density at radius 2 is 2.00 bits per heavy atom. The van der Waals surface area contributed by atoms with Gasteiger partial charge in [-0.1, -0.05) is 17.7 Å². The number of nitrogens with zero attached hydrogens (tertiary/aromatic N) is 1. The first-order chi connectivity index (χ1) is 9.89. The van der Waals surface area contributed by atoms with E-state index in [1.165, 1.54) is 4.31 Å². The van der Waals surface area contributed by atoms with Crippen molar-refractivity contribution in [1.82, 2.24) is 4.31 Å². The van der Waals surface area contributed by atoms with Crippen LogP contribution in [-0.2, 0) is 14.8 Å². The summed E-state index contributed by atoms with van der Waals surface area (Å²) in [6.45, 7) is 2.85. The van der Waals surface area contributed by atoms with Gasteiger partial charge in [-0.2, -0.15) is 4.31 Å². The summed E-state index contributed by atoms with van der Waals surface area (Å²) in [4.78, 5) is 11.0. The second kappa shape index (κ2) is 6.58. The van der Waals surface area contributed by atoms with Gasteiger partial charge in [0.25, 0.3) is 0 Å². The lowest BCUT2D eigenvalue weighted by molar-refractivity contribution is -0.137. The maximum Gasteiger partial charge on any atom is 0.303 e. The van der Waals surface area contributed by atoms with Gasteiger partial charge in [-0.25, -0.2) is 8.42 Å². The van der Waals surface area contributed by atoms with Gasteiger partial charge in [0.1, 0.15) is 0 Å². The molecule has 1 N–H and O–H groups in total. The van der Waals surface area contributed by atoms with Gasteiger partial charge in [-0.05, 0) is 44.2 Å². The number of piperidine rings is 1. The standard InChI is InChI=1S/C15H21NO4S/c1-12-4-7-14(8-5-12)21(19,20)16-10-2-3-13(11-16)6-9-15(17)18/h4-5,7-8,13H,2-3,6,9-11H2,1H3,(H,17,18)/t13-/m1/s1. The molecule has 1 aliphatic heterocycles. The molecular weight excluding hydrogens is 290 g/mol. The summed E-state index contributed by atoms with van der Waals surface area (Å²) in [5.74, 6) is -0.691. The molecular formula is C15H21NO4S. The number of carbonyl (C=O) groups is 1. The van der Waals surface area contributed by atoms with Crippen molar-refractivity contribution < 1.29 is 18.3 Å². The van der Waals surface area contributed by atoms with E-state index in [0.29, 0.717) is 24.4 Å². The van der Waals surface area contributed by atoms with Gasteiger partial charge in [0.05, 0.1) is 4.90 Å². The van der Waals surface area contributed by atoms with E-state index in [4.69, 9.17) is 5.11 Å². The summed E-state index contributed by atoms with van der Waals surface area (Å²) in [7, 11) is -3.46. The molecule has 116 valence electrons. The maximum absolute atomic E-state index is 12.6. The van der Waals surface area contributed by atoms with Gasteiger partial charge in [0.2, 0.25) is 10.0 Å². The van der Waals surface area contributed by atoms with Crippen LogP contribution in [0.5, 0.6) is 0 Å². The monoisotopic (exact) mass is 311 g/mol. The van der Waals surface area contributed by atoms with Gasteiger partial charge in [-0.15, -0.1) is 0 Å². The van der Waals surface area contributed by atoms with Crippen molar-refractivity contribution in [3.8, 4) is 0 Å². The van der Waals surface area contributed by atoms with Crippen molar-refractivity contribution in [1.29, 1.82) is 0 Å². The van der Waals surface area contributed by atoms with Crippen LogP contribution in [0.3, 0.4) is 0 Å². The molecule has 1 fully saturated rings. The Labute approximate surface area is 125 Å². The number of hydrogen-bond donors (Lipinski definition) is 1. The predicted molar refractivity (Wildman–Crippen MR) is 79.5 cm³/mol. The summed E-state index contributed by atoms with van der Waals surface area (Å²) >= 11 is 0. The van der Waals surface area contributed by atoms with Gasteiger partial charge in [0, 0.05) is 19.5 Å². The number of carboxylic acid groups (broad SMARTS) is 1. The predicted octanol–water partition coefficient (Wildman–Crippen LogP) is 2.26. The zero-order valence-electron chi connectivity index (χ0n) is 12.2. The van der Waals surface area contributed by atoms with Gasteiger partial charge in [0.15, 0.2) is 0 Å². The quantitative estimate of drug-likeness (QED) is 0.905. The van der Waals surface area contributed by atoms with Crippen molar-refractivity contribution in [3.05, 3.63) is 29.8 Å². The van der Waals surface area contributed by atoms with Crippen molar-refractivity contribution >= 4 is 16.0 Å². The Bertz CT molecular complexity index is 595. The molecule has 1 aromatic carbocycles. The minimum Gasteiger partial charge on any atom is -0.481 e. The SMILES string of the molecule is Cc1ccc(S(=O)(=O)N2CCC[C@H](CCC(=O)O)C2)cc1. The van der Waals surface area contributed by atoms with E-state index in [0.717, 1.165) is 18.4 Å². The average molecular weight is 311 g/mol. The van der Waals surface area contributed by atoms with E-state index in [2.05, 4.69) is 0 Å². The minimum absolute atomic E-state index is 0.100. The van der Waals surface area contributed by atoms with E-state index in [-0.39, 0.29) is 12.3 Å². The number of aliphatic carboxylic acids is 1. The average Bonchev–Trinajstić information content (AvgIpc) is 2.46. The summed E-state index contributed by atoms with van der Waals surface area (Å²) in [5, 5.41) is 8.74. The first-order valence-electron chi connectivity index (χ1n) is 7.18. The van der Waals surface area contributed by atoms with E-state index in [9.17, 15) is 13.2 Å². The highest BCUT2D eigenvalue weighted by Gasteiger charge is 2.30. The second-order valence-corrected chi connectivity index (χ2v) is 7.55. The van der Waals surface area contributed by atoms with Gasteiger partial charge in [-0.3, -0.25) is 4.79 Å². The third-order valence-corrected chi connectivity index (χ3v) is 5.79. The van der Waals surface area contributed by atoms with Crippen LogP contribution in [0.1, 0.15) is 31.2 Å². The third-order valence-electron chi connectivity index (χ3n) is 3.91. The summed E-state index contributed by atoms with van der Waals surface area (Å²) in [6.07, 6.45) is 2.32. The molecule has 6 heteroatoms. The molecule has 5 nitrogen and oxygen atoms in total. The number of hydrogen-bond acceptors (Lipinski definition) is 3. The fourth-order valence-electron chi connectivity index (χ4n) is 2.67. The molecule has 1 saturated heterocycles. The Morgan fingerprint density at radius 3 is 2.62 bits per heavy atom. The molecule has 1 atom stereocenters. The summed E-state index contributed by atoms with van der Waals surface area (Å²) in [5.41, 5.74) is 1.02. The molecule has 0 unspecified atom stereocenters. The molecule has 0 saturated carbocycles. The minimum atomic E-state index is -3.46. The lowest BCUT2D eigenvalue weighted by Gasteiger charge is -2.31. The normalized spacial score (nSPS) is 20.3. The molecule has 0 spiro atoms. The van der Waals surface area contributed by atoms with Crippen molar-refractivity contribution in [2.24, 2.45) is 5.92 Å². The van der Waals surface area contributed by atoms with Crippen molar-refractivity contribution in [2.45, 2.75) is 37.5 Å². The molecule has 0 aliphatic carbocycles. The van der Waals surface area contributed by atoms with Crippen LogP contribution >= 0.6 is 0 Å². The van der Waals surface area contributed by atoms with Gasteiger partial charge >= 0.3 is 5.97 Å². The lowest BCUT2D eigenvalue weighted by Crippen LogP contribution is -2.40. The second-order valence-electron chi connectivity index (χ2n) is 5.62. The Morgan fingerprint density at radius 1 is 1.33 bits per heavy atom. The van der Waals surface area contributed by atoms with E-state index in [1.54, 1.807) is 24.3 Å². The van der Waals surface area contributed by atoms with E-state index in [1.807, 2.05) is 6.92 Å². The van der Waals surface area contributed by atoms with Crippen LogP contribution in [0.25, 0.3) is 0 Å². The highest BCUT2D eigenvalue weighted by atomic mass is 32.2. The highest BCUT2D eigenvalue weighted by molar-refractivity contribution is 7.89. The maximum atomic E-state index is 12.6. The van der Waals surface area contributed by atoms with Crippen molar-refractivity contribution in [3.63, 3.8) is 0 Å². The molecule has 21 heavy (non-hydrogen) atoms. The molecule has 1 heterocycles. The Balaban J connectivity index is 2.09. The zero-order valence-corrected chi connectivity index (χ0v) is 13.0. The third kappa shape index (κ3) is 4.04. The number of rotatable bonds is 5. The molecule has 0 aromatic heterocycles. The molecule has 2 rings (SSSR count). The topological polar surface area (TPSA) is 74.7 Å². The molecule has 0 bridgehead atoms. The lowest BCUT2D eigenvalue weighted by atomic mass is 9.95. The molecule has 0 radical (unpaired) electrons. The fraction of sp³-hybridized carbons (Fsp3) is 0.533. The summed E-state index contributed by atoms with van der Waals surface area (Å²) in [6, 6.07) is 6.84. The number of aryl methyl sites for hydroxylation is 1. The number of benzene rings is 1. The molecule has 1 aromatic rings. The van der Waals surface area contributed by atoms with Crippen LogP contribution in [0.4, 0.5) is 0 Å². The van der Waals surface area contributed by atoms with Crippen LogP contribution in [0.2, 0.25) is 0 Å². The van der Waals surface area contributed by atoms with Crippen LogP contribution in [-0.4, -0.2) is 36.9 Å². The van der Waals surface area contributed by atoms with Crippen LogP contribution < -0.4 is 0 Å². The van der Waals surface area contributed by atoms with E-state index >= 15 is 0 Å². The Hall–Kier alpha value is -1.40. The van der Waals surface area contributed by atoms with Crippen LogP contribution in [0, 0.1) is 12.8 Å².